The van der Waals surface area contributed by atoms with Gasteiger partial charge in [0.2, 0.25) is 0 Å². The Kier molecular flexibility index (Phi) is 14.9. The van der Waals surface area contributed by atoms with Crippen LogP contribution in [0.25, 0.3) is 0 Å². The first-order chi connectivity index (χ1) is 18.2. The first-order valence-corrected chi connectivity index (χ1v) is 11.8. The van der Waals surface area contributed by atoms with Crippen molar-refractivity contribution >= 4 is 40.0 Å². The number of ketones is 2. The van der Waals surface area contributed by atoms with Crippen LogP contribution in [0.4, 0.5) is 28.4 Å². The number of carbonyl (C=O) groups excluding carboxylic acids is 2. The number of hydrogen-bond acceptors (Lipinski definition) is 11. The number of nitrogens with zero attached hydrogens (tertiary/aromatic N) is 5. The maximum absolute atomic E-state index is 12.1. The summed E-state index contributed by atoms with van der Waals surface area (Å²) in [5, 5.41) is 43.6. The molecule has 0 saturated carbocycles. The molecule has 2 aromatic rings. The van der Waals surface area contributed by atoms with E-state index in [0.29, 0.717) is 13.0 Å². The van der Waals surface area contributed by atoms with Crippen LogP contribution in [0.5, 0.6) is 0 Å². The number of nitro benzene ring substituents is 4. The summed E-state index contributed by atoms with van der Waals surface area (Å²) in [5.74, 6) is -0.731. The van der Waals surface area contributed by atoms with Crippen LogP contribution in [-0.2, 0) is 32.7 Å². The van der Waals surface area contributed by atoms with E-state index in [0.717, 1.165) is 24.3 Å². The minimum Gasteiger partial charge on any atom is -0.395 e. The van der Waals surface area contributed by atoms with Gasteiger partial charge in [-0.2, -0.15) is 0 Å². The molecule has 2 rings (SSSR count). The van der Waals surface area contributed by atoms with E-state index in [1.807, 2.05) is 6.92 Å². The molecule has 0 amide bonds. The Morgan fingerprint density at radius 2 is 1.18 bits per heavy atom. The van der Waals surface area contributed by atoms with E-state index in [2.05, 4.69) is 6.92 Å². The van der Waals surface area contributed by atoms with E-state index in [1.165, 1.54) is 6.92 Å². The van der Waals surface area contributed by atoms with Crippen molar-refractivity contribution in [2.75, 3.05) is 18.0 Å². The van der Waals surface area contributed by atoms with Crippen molar-refractivity contribution in [3.63, 3.8) is 0 Å². The van der Waals surface area contributed by atoms with Gasteiger partial charge < -0.3 is 11.8 Å². The average Bonchev–Trinajstić information content (AvgIpc) is 2.90. The predicted molar refractivity (Wildman–Crippen MR) is 141 cm³/mol. The molecule has 2 aromatic carbocycles. The standard InChI is InChI=1S/C14H18N3O5.C10H10N2O5.Y/c1-4-7-15(6-3)14-11(13(18)5-2)8-10(16(19)20)9-12(14)17(21)22;1-3-10(13)8-4-7(11(14)15)5-9(6(8)2)12(16)17;/h8-9H,3-7H2,1-2H3;4-5H,3H2,1-2H3;/q-1;;. The van der Waals surface area contributed by atoms with Crippen LogP contribution in [-0.4, -0.2) is 44.3 Å². The molecule has 1 radical (unpaired) electrons. The van der Waals surface area contributed by atoms with Gasteiger partial charge in [0.15, 0.2) is 11.6 Å². The minimum absolute atomic E-state index is 0. The summed E-state index contributed by atoms with van der Waals surface area (Å²) in [5.41, 5.74) is -1.45. The van der Waals surface area contributed by atoms with E-state index in [9.17, 15) is 50.0 Å². The average molecular weight is 635 g/mol. The van der Waals surface area contributed by atoms with Gasteiger partial charge in [0.05, 0.1) is 37.4 Å². The topological polar surface area (TPSA) is 210 Å². The van der Waals surface area contributed by atoms with Crippen LogP contribution in [0, 0.1) is 54.3 Å². The summed E-state index contributed by atoms with van der Waals surface area (Å²) in [6.45, 7) is 10.9. The number of hydrogen-bond donors (Lipinski definition) is 0. The summed E-state index contributed by atoms with van der Waals surface area (Å²) in [4.78, 5) is 66.0. The van der Waals surface area contributed by atoms with Gasteiger partial charge in [0, 0.05) is 75.4 Å². The molecule has 40 heavy (non-hydrogen) atoms. The fourth-order valence-corrected chi connectivity index (χ4v) is 3.65. The van der Waals surface area contributed by atoms with Crippen molar-refractivity contribution in [1.29, 1.82) is 0 Å². The second-order valence-corrected chi connectivity index (χ2v) is 8.07. The van der Waals surface area contributed by atoms with Crippen molar-refractivity contribution in [1.82, 2.24) is 0 Å². The van der Waals surface area contributed by atoms with E-state index in [4.69, 9.17) is 0 Å². The number of rotatable bonds is 12. The van der Waals surface area contributed by atoms with Crippen LogP contribution in [0.2, 0.25) is 0 Å². The van der Waals surface area contributed by atoms with Crippen LogP contribution >= 0.6 is 0 Å². The molecular weight excluding hydrogens is 607 g/mol. The Bertz CT molecular complexity index is 1320. The second kappa shape index (κ2) is 16.4. The molecule has 15 nitrogen and oxygen atoms in total. The Hall–Kier alpha value is -3.72. The van der Waals surface area contributed by atoms with Gasteiger partial charge in [-0.3, -0.25) is 50.0 Å². The van der Waals surface area contributed by atoms with Gasteiger partial charge in [-0.15, -0.1) is 6.54 Å². The smallest absolute Gasteiger partial charge is 0.300 e. The van der Waals surface area contributed by atoms with Gasteiger partial charge in [0.1, 0.15) is 5.69 Å². The number of nitro groups is 4. The van der Waals surface area contributed by atoms with Gasteiger partial charge >= 0.3 is 0 Å². The molecule has 0 aliphatic carbocycles. The molecule has 0 heterocycles. The maximum atomic E-state index is 12.1. The summed E-state index contributed by atoms with van der Waals surface area (Å²) >= 11 is 0. The number of carbonyl (C=O) groups is 2. The summed E-state index contributed by atoms with van der Waals surface area (Å²) in [6, 6.07) is 3.93. The third-order valence-corrected chi connectivity index (χ3v) is 5.58. The van der Waals surface area contributed by atoms with Crippen molar-refractivity contribution in [2.24, 2.45) is 0 Å². The van der Waals surface area contributed by atoms with Crippen molar-refractivity contribution in [3.05, 3.63) is 88.3 Å². The van der Waals surface area contributed by atoms with Gasteiger partial charge in [-0.1, -0.05) is 20.8 Å². The zero-order valence-electron chi connectivity index (χ0n) is 22.4. The Labute approximate surface area is 254 Å². The molecule has 0 spiro atoms. The van der Waals surface area contributed by atoms with Gasteiger partial charge in [0.25, 0.3) is 22.7 Å². The molecule has 0 aliphatic rings. The molecule has 0 atom stereocenters. The largest absolute Gasteiger partial charge is 0.395 e. The number of Topliss-reactive ketones (excluding diaryl/α,β-unsaturated/α-hetero) is 2. The molecular formula is C24H28N5O10Y-. The van der Waals surface area contributed by atoms with Crippen LogP contribution in [0.15, 0.2) is 24.3 Å². The van der Waals surface area contributed by atoms with Crippen LogP contribution in [0.1, 0.15) is 66.3 Å². The zero-order valence-corrected chi connectivity index (χ0v) is 25.3. The van der Waals surface area contributed by atoms with Gasteiger partial charge in [-0.25, -0.2) is 0 Å². The normalized spacial score (nSPS) is 9.93. The fourth-order valence-electron chi connectivity index (χ4n) is 3.65. The maximum Gasteiger partial charge on any atom is 0.300 e. The molecule has 0 unspecified atom stereocenters. The molecule has 0 aliphatic heterocycles. The summed E-state index contributed by atoms with van der Waals surface area (Å²) in [6.07, 6.45) is 0.936. The molecule has 0 aromatic heterocycles. The van der Waals surface area contributed by atoms with E-state index < -0.39 is 42.4 Å². The number of non-ortho nitro benzene ring substituents is 2. The third kappa shape index (κ3) is 8.91. The van der Waals surface area contributed by atoms with Crippen molar-refractivity contribution < 1.29 is 62.0 Å². The first-order valence-electron chi connectivity index (χ1n) is 11.8. The summed E-state index contributed by atoms with van der Waals surface area (Å²) < 4.78 is 0. The fraction of sp³-hybridized carbons (Fsp3) is 0.375. The van der Waals surface area contributed by atoms with Gasteiger partial charge in [-0.05, 0) is 13.3 Å². The molecule has 16 heteroatoms. The Morgan fingerprint density at radius 1 is 0.750 bits per heavy atom. The SMILES string of the molecule is CCC(=O)c1cc([N+](=O)[O-])cc([N+](=O)[O-])c1C.[CH2-]CN(CCC)c1c(C(=O)CC)cc([N+](=O)[O-])cc1[N+](=O)[O-].[Y]. The molecule has 0 bridgehead atoms. The predicted octanol–water partition coefficient (Wildman–Crippen LogP) is 5.55. The quantitative estimate of drug-likeness (QED) is 0.122. The Balaban J connectivity index is 0.000000765. The van der Waals surface area contributed by atoms with E-state index in [1.54, 1.807) is 18.7 Å². The molecule has 0 fully saturated rings. The second-order valence-electron chi connectivity index (χ2n) is 8.07. The van der Waals surface area contributed by atoms with E-state index >= 15 is 0 Å². The third-order valence-electron chi connectivity index (χ3n) is 5.58. The van der Waals surface area contributed by atoms with E-state index in [-0.39, 0.29) is 86.0 Å². The monoisotopic (exact) mass is 635 g/mol. The summed E-state index contributed by atoms with van der Waals surface area (Å²) in [7, 11) is 0. The Morgan fingerprint density at radius 3 is 1.55 bits per heavy atom. The molecule has 0 N–H and O–H groups in total. The zero-order chi connectivity index (χ0) is 30.0. The van der Waals surface area contributed by atoms with Crippen LogP contribution in [0.3, 0.4) is 0 Å². The minimum atomic E-state index is -0.751. The number of anilines is 1. The number of benzene rings is 2. The molecule has 213 valence electrons. The van der Waals surface area contributed by atoms with Crippen molar-refractivity contribution in [2.45, 2.75) is 47.0 Å². The molecule has 0 saturated heterocycles. The van der Waals surface area contributed by atoms with Crippen molar-refractivity contribution in [3.8, 4) is 0 Å². The first kappa shape index (κ1) is 36.3. The van der Waals surface area contributed by atoms with Crippen LogP contribution < -0.4 is 4.90 Å².